The van der Waals surface area contributed by atoms with Crippen molar-refractivity contribution in [3.63, 3.8) is 0 Å². The summed E-state index contributed by atoms with van der Waals surface area (Å²) in [6.07, 6.45) is 21.4. The summed E-state index contributed by atoms with van der Waals surface area (Å²) < 4.78 is 0. The topological polar surface area (TPSA) is 43.1 Å². The fraction of sp³-hybridized carbons (Fsp3) is 0.783. The molecule has 0 aromatic carbocycles. The SMILES string of the molecule is NC(=O)C12CCCCC1C1CC=C3C4C=CCCC4CCC3C1CC2. The second kappa shape index (κ2) is 5.99. The molecule has 3 saturated carbocycles. The molecular formula is C23H33NO. The van der Waals surface area contributed by atoms with Crippen LogP contribution in [0.25, 0.3) is 0 Å². The highest BCUT2D eigenvalue weighted by Gasteiger charge is 2.56. The summed E-state index contributed by atoms with van der Waals surface area (Å²) >= 11 is 0. The number of allylic oxidation sites excluding steroid dienone is 4. The van der Waals surface area contributed by atoms with E-state index in [2.05, 4.69) is 18.2 Å². The van der Waals surface area contributed by atoms with Gasteiger partial charge in [-0.2, -0.15) is 0 Å². The number of nitrogens with two attached hydrogens (primary N) is 1. The Morgan fingerprint density at radius 1 is 1.04 bits per heavy atom. The zero-order valence-electron chi connectivity index (χ0n) is 15.5. The first-order valence-corrected chi connectivity index (χ1v) is 10.9. The van der Waals surface area contributed by atoms with Crippen LogP contribution in [-0.4, -0.2) is 5.91 Å². The van der Waals surface area contributed by atoms with E-state index < -0.39 is 0 Å². The Hall–Kier alpha value is -1.05. The molecular weight excluding hydrogens is 306 g/mol. The third kappa shape index (κ3) is 2.32. The zero-order chi connectivity index (χ0) is 17.0. The predicted molar refractivity (Wildman–Crippen MR) is 101 cm³/mol. The van der Waals surface area contributed by atoms with Crippen molar-refractivity contribution < 1.29 is 4.79 Å². The van der Waals surface area contributed by atoms with Crippen LogP contribution in [0, 0.1) is 40.9 Å². The Morgan fingerprint density at radius 3 is 2.84 bits per heavy atom. The maximum absolute atomic E-state index is 12.5. The van der Waals surface area contributed by atoms with Crippen molar-refractivity contribution in [1.82, 2.24) is 0 Å². The number of primary amides is 1. The molecule has 0 radical (unpaired) electrons. The number of carbonyl (C=O) groups excluding carboxylic acids is 1. The molecule has 2 nitrogen and oxygen atoms in total. The number of hydrogen-bond acceptors (Lipinski definition) is 1. The van der Waals surface area contributed by atoms with E-state index in [0.717, 1.165) is 42.4 Å². The van der Waals surface area contributed by atoms with E-state index in [1.165, 1.54) is 57.8 Å². The molecule has 1 amide bonds. The molecule has 136 valence electrons. The Kier molecular flexibility index (Phi) is 3.87. The minimum absolute atomic E-state index is 0.0179. The molecule has 0 heterocycles. The van der Waals surface area contributed by atoms with Crippen LogP contribution in [-0.2, 0) is 4.79 Å². The van der Waals surface area contributed by atoms with E-state index in [4.69, 9.17) is 5.73 Å². The fourth-order valence-corrected chi connectivity index (χ4v) is 7.83. The van der Waals surface area contributed by atoms with Crippen LogP contribution in [0.5, 0.6) is 0 Å². The van der Waals surface area contributed by atoms with E-state index in [-0.39, 0.29) is 11.3 Å². The number of amides is 1. The minimum atomic E-state index is -0.160. The summed E-state index contributed by atoms with van der Waals surface area (Å²) in [7, 11) is 0. The van der Waals surface area contributed by atoms with Gasteiger partial charge in [-0.05, 0) is 87.4 Å². The van der Waals surface area contributed by atoms with E-state index in [1.807, 2.05) is 0 Å². The molecule has 0 aromatic heterocycles. The van der Waals surface area contributed by atoms with Crippen molar-refractivity contribution in [3.8, 4) is 0 Å². The van der Waals surface area contributed by atoms with Crippen LogP contribution in [0.1, 0.15) is 70.6 Å². The molecule has 0 bridgehead atoms. The van der Waals surface area contributed by atoms with Crippen molar-refractivity contribution in [1.29, 1.82) is 0 Å². The monoisotopic (exact) mass is 339 g/mol. The van der Waals surface area contributed by atoms with E-state index in [0.29, 0.717) is 5.92 Å². The Balaban J connectivity index is 1.47. The Labute approximate surface area is 152 Å². The highest BCUT2D eigenvalue weighted by molar-refractivity contribution is 5.81. The quantitative estimate of drug-likeness (QED) is 0.671. The summed E-state index contributed by atoms with van der Waals surface area (Å²) in [4.78, 5) is 12.5. The van der Waals surface area contributed by atoms with Gasteiger partial charge in [0.1, 0.15) is 0 Å². The third-order valence-electron chi connectivity index (χ3n) is 8.94. The Bertz CT molecular complexity index is 620. The molecule has 7 unspecified atom stereocenters. The standard InChI is InChI=1S/C23H33NO/c24-22(25)23-13-4-3-7-21(23)20-11-10-17-16-6-2-1-5-15(16)8-9-18(17)19(20)12-14-23/h2,6,10,15-16,18-21H,1,3-5,7-9,11-14H2,(H2,24,25). The van der Waals surface area contributed by atoms with Gasteiger partial charge in [0.2, 0.25) is 5.91 Å². The molecule has 5 aliphatic rings. The van der Waals surface area contributed by atoms with Crippen LogP contribution in [0.2, 0.25) is 0 Å². The average molecular weight is 340 g/mol. The molecule has 0 spiro atoms. The van der Waals surface area contributed by atoms with Gasteiger partial charge in [0.25, 0.3) is 0 Å². The molecule has 5 aliphatic carbocycles. The highest BCUT2D eigenvalue weighted by Crippen LogP contribution is 2.61. The van der Waals surface area contributed by atoms with Gasteiger partial charge in [-0.15, -0.1) is 0 Å². The first-order chi connectivity index (χ1) is 12.2. The van der Waals surface area contributed by atoms with Crippen LogP contribution in [0.15, 0.2) is 23.8 Å². The van der Waals surface area contributed by atoms with Gasteiger partial charge in [0.15, 0.2) is 0 Å². The predicted octanol–water partition coefficient (Wildman–Crippen LogP) is 5.00. The first kappa shape index (κ1) is 16.1. The lowest BCUT2D eigenvalue weighted by atomic mass is 9.47. The van der Waals surface area contributed by atoms with Crippen LogP contribution in [0.3, 0.4) is 0 Å². The number of fused-ring (bicyclic) bond motifs is 7. The van der Waals surface area contributed by atoms with Crippen LogP contribution >= 0.6 is 0 Å². The lowest BCUT2D eigenvalue weighted by Gasteiger charge is -2.57. The van der Waals surface area contributed by atoms with Gasteiger partial charge in [-0.3, -0.25) is 4.79 Å². The van der Waals surface area contributed by atoms with Gasteiger partial charge in [0.05, 0.1) is 5.41 Å². The molecule has 25 heavy (non-hydrogen) atoms. The largest absolute Gasteiger partial charge is 0.369 e. The molecule has 2 heteroatoms. The van der Waals surface area contributed by atoms with Crippen molar-refractivity contribution in [3.05, 3.63) is 23.8 Å². The van der Waals surface area contributed by atoms with Crippen molar-refractivity contribution in [2.24, 2.45) is 46.7 Å². The number of hydrogen-bond donors (Lipinski definition) is 1. The van der Waals surface area contributed by atoms with Crippen molar-refractivity contribution in [2.75, 3.05) is 0 Å². The maximum Gasteiger partial charge on any atom is 0.223 e. The molecule has 5 rings (SSSR count). The summed E-state index contributed by atoms with van der Waals surface area (Å²) in [5.41, 5.74) is 7.62. The summed E-state index contributed by atoms with van der Waals surface area (Å²) in [6, 6.07) is 0. The molecule has 0 aromatic rings. The lowest BCUT2D eigenvalue weighted by molar-refractivity contribution is -0.143. The van der Waals surface area contributed by atoms with Crippen LogP contribution in [0.4, 0.5) is 0 Å². The molecule has 2 N–H and O–H groups in total. The number of rotatable bonds is 1. The molecule has 0 aliphatic heterocycles. The van der Waals surface area contributed by atoms with Crippen LogP contribution < -0.4 is 5.73 Å². The van der Waals surface area contributed by atoms with Crippen molar-refractivity contribution >= 4 is 5.91 Å². The molecule has 3 fully saturated rings. The van der Waals surface area contributed by atoms with E-state index >= 15 is 0 Å². The zero-order valence-corrected chi connectivity index (χ0v) is 15.5. The fourth-order valence-electron chi connectivity index (χ4n) is 7.83. The first-order valence-electron chi connectivity index (χ1n) is 10.9. The second-order valence-corrected chi connectivity index (χ2v) is 9.65. The van der Waals surface area contributed by atoms with E-state index in [9.17, 15) is 4.79 Å². The highest BCUT2D eigenvalue weighted by atomic mass is 16.1. The number of carbonyl (C=O) groups is 1. The van der Waals surface area contributed by atoms with Crippen molar-refractivity contribution in [2.45, 2.75) is 70.6 Å². The normalized spacial score (nSPS) is 48.4. The van der Waals surface area contributed by atoms with Gasteiger partial charge in [0, 0.05) is 5.92 Å². The minimum Gasteiger partial charge on any atom is -0.369 e. The molecule has 7 atom stereocenters. The summed E-state index contributed by atoms with van der Waals surface area (Å²) in [5, 5.41) is 0. The van der Waals surface area contributed by atoms with Gasteiger partial charge < -0.3 is 5.73 Å². The maximum atomic E-state index is 12.5. The summed E-state index contributed by atoms with van der Waals surface area (Å²) in [5.74, 6) is 4.58. The second-order valence-electron chi connectivity index (χ2n) is 9.65. The van der Waals surface area contributed by atoms with Gasteiger partial charge in [-0.25, -0.2) is 0 Å². The Morgan fingerprint density at radius 2 is 1.96 bits per heavy atom. The van der Waals surface area contributed by atoms with Gasteiger partial charge in [-0.1, -0.05) is 36.6 Å². The average Bonchev–Trinajstić information content (AvgIpc) is 2.66. The molecule has 0 saturated heterocycles. The van der Waals surface area contributed by atoms with Gasteiger partial charge >= 0.3 is 0 Å². The smallest absolute Gasteiger partial charge is 0.223 e. The van der Waals surface area contributed by atoms with E-state index in [1.54, 1.807) is 5.57 Å². The lowest BCUT2D eigenvalue weighted by Crippen LogP contribution is -2.54. The third-order valence-corrected chi connectivity index (χ3v) is 8.94. The summed E-state index contributed by atoms with van der Waals surface area (Å²) in [6.45, 7) is 0.